The molecular formula is C22H33N5O2. The Morgan fingerprint density at radius 1 is 0.931 bits per heavy atom. The molecule has 1 aromatic heterocycles. The van der Waals surface area contributed by atoms with E-state index in [0.29, 0.717) is 25.6 Å². The summed E-state index contributed by atoms with van der Waals surface area (Å²) in [4.78, 5) is 14.2. The predicted octanol–water partition coefficient (Wildman–Crippen LogP) is 1.95. The number of benzene rings is 1. The van der Waals surface area contributed by atoms with E-state index in [4.69, 9.17) is 9.97 Å². The highest BCUT2D eigenvalue weighted by Crippen LogP contribution is 2.37. The van der Waals surface area contributed by atoms with Crippen LogP contribution in [0.15, 0.2) is 24.3 Å². The number of anilines is 2. The molecule has 3 N–H and O–H groups in total. The first-order chi connectivity index (χ1) is 14.3. The largest absolute Gasteiger partial charge is 0.395 e. The second-order valence-electron chi connectivity index (χ2n) is 8.40. The van der Waals surface area contributed by atoms with Crippen molar-refractivity contribution in [3.63, 3.8) is 0 Å². The minimum atomic E-state index is 0.0912. The average molecular weight is 400 g/mol. The lowest BCUT2D eigenvalue weighted by Crippen LogP contribution is -2.34. The van der Waals surface area contributed by atoms with Gasteiger partial charge in [-0.05, 0) is 49.7 Å². The third-order valence-electron chi connectivity index (χ3n) is 6.35. The van der Waals surface area contributed by atoms with Crippen molar-refractivity contribution in [3.05, 3.63) is 24.3 Å². The van der Waals surface area contributed by atoms with Gasteiger partial charge in [0.2, 0.25) is 5.95 Å². The Labute approximate surface area is 172 Å². The minimum Gasteiger partial charge on any atom is -0.395 e. The smallest absolute Gasteiger partial charge is 0.225 e. The summed E-state index contributed by atoms with van der Waals surface area (Å²) < 4.78 is 0. The zero-order valence-corrected chi connectivity index (χ0v) is 17.1. The standard InChI is InChI=1S/C22H33N5O2/c28-13-11-26(12-14-29)10-9-23-22-24-20-4-2-1-3-19(20)21(25-22)27-15-17-5-6-18(16-27)8-7-17/h1-4,17-18,28-29H,5-16H2,(H,23,24,25). The van der Waals surface area contributed by atoms with Crippen LogP contribution in [0, 0.1) is 11.8 Å². The van der Waals surface area contributed by atoms with Crippen molar-refractivity contribution < 1.29 is 10.2 Å². The number of hydrogen-bond donors (Lipinski definition) is 3. The Hall–Kier alpha value is -1.96. The zero-order chi connectivity index (χ0) is 20.1. The van der Waals surface area contributed by atoms with E-state index in [-0.39, 0.29) is 13.2 Å². The molecule has 7 nitrogen and oxygen atoms in total. The molecule has 158 valence electrons. The molecule has 1 aliphatic carbocycles. The molecule has 2 aliphatic heterocycles. The summed E-state index contributed by atoms with van der Waals surface area (Å²) in [5.74, 6) is 3.27. The first kappa shape index (κ1) is 20.3. The number of aliphatic hydroxyl groups excluding tert-OH is 2. The summed E-state index contributed by atoms with van der Waals surface area (Å²) in [5, 5.41) is 22.8. The molecule has 1 saturated carbocycles. The van der Waals surface area contributed by atoms with Crippen LogP contribution >= 0.6 is 0 Å². The SMILES string of the molecule is OCCN(CCO)CCNc1nc(N2CC3CCC(CC3)C2)c2ccccc2n1. The summed E-state index contributed by atoms with van der Waals surface area (Å²) in [6.45, 7) is 4.88. The fraction of sp³-hybridized carbons (Fsp3) is 0.636. The fourth-order valence-electron chi connectivity index (χ4n) is 4.79. The quantitative estimate of drug-likeness (QED) is 0.594. The Kier molecular flexibility index (Phi) is 6.79. The van der Waals surface area contributed by atoms with E-state index in [9.17, 15) is 10.2 Å². The van der Waals surface area contributed by atoms with Crippen LogP contribution in [0.25, 0.3) is 10.9 Å². The minimum absolute atomic E-state index is 0.0912. The highest BCUT2D eigenvalue weighted by Gasteiger charge is 2.30. The molecule has 0 radical (unpaired) electrons. The third-order valence-corrected chi connectivity index (χ3v) is 6.35. The molecule has 2 aromatic rings. The molecule has 0 atom stereocenters. The van der Waals surface area contributed by atoms with E-state index in [1.165, 1.54) is 25.7 Å². The van der Waals surface area contributed by atoms with Gasteiger partial charge in [-0.3, -0.25) is 4.90 Å². The molecule has 7 heteroatoms. The molecule has 2 saturated heterocycles. The van der Waals surface area contributed by atoms with Crippen LogP contribution in [-0.4, -0.2) is 77.6 Å². The Morgan fingerprint density at radius 2 is 1.59 bits per heavy atom. The number of hydrogen-bond acceptors (Lipinski definition) is 7. The summed E-state index contributed by atoms with van der Waals surface area (Å²) in [7, 11) is 0. The summed E-state index contributed by atoms with van der Waals surface area (Å²) in [5.41, 5.74) is 0.971. The monoisotopic (exact) mass is 399 g/mol. The maximum Gasteiger partial charge on any atom is 0.225 e. The zero-order valence-electron chi connectivity index (χ0n) is 17.1. The highest BCUT2D eigenvalue weighted by atomic mass is 16.3. The molecule has 5 rings (SSSR count). The van der Waals surface area contributed by atoms with Gasteiger partial charge in [0.1, 0.15) is 5.82 Å². The Balaban J connectivity index is 1.53. The Bertz CT molecular complexity index is 774. The number of nitrogens with one attached hydrogen (secondary N) is 1. The second-order valence-corrected chi connectivity index (χ2v) is 8.40. The number of aromatic nitrogens is 2. The molecular weight excluding hydrogens is 366 g/mol. The lowest BCUT2D eigenvalue weighted by molar-refractivity contribution is 0.165. The molecule has 0 spiro atoms. The summed E-state index contributed by atoms with van der Waals surface area (Å²) >= 11 is 0. The normalized spacial score (nSPS) is 21.7. The van der Waals surface area contributed by atoms with E-state index >= 15 is 0 Å². The van der Waals surface area contributed by atoms with E-state index in [1.54, 1.807) is 0 Å². The van der Waals surface area contributed by atoms with E-state index in [0.717, 1.165) is 48.2 Å². The van der Waals surface area contributed by atoms with E-state index < -0.39 is 0 Å². The van der Waals surface area contributed by atoms with Crippen LogP contribution in [0.4, 0.5) is 11.8 Å². The van der Waals surface area contributed by atoms with Crippen molar-refractivity contribution in [3.8, 4) is 0 Å². The number of rotatable bonds is 9. The maximum absolute atomic E-state index is 9.18. The molecule has 3 fully saturated rings. The van der Waals surface area contributed by atoms with Gasteiger partial charge in [0, 0.05) is 44.7 Å². The number of fused-ring (bicyclic) bond motifs is 5. The molecule has 3 heterocycles. The van der Waals surface area contributed by atoms with Gasteiger partial charge in [-0.25, -0.2) is 4.98 Å². The lowest BCUT2D eigenvalue weighted by atomic mass is 9.84. The third kappa shape index (κ3) is 4.97. The van der Waals surface area contributed by atoms with Crippen LogP contribution in [0.3, 0.4) is 0 Å². The molecule has 2 bridgehead atoms. The number of aliphatic hydroxyl groups is 2. The van der Waals surface area contributed by atoms with Crippen molar-refractivity contribution in [2.75, 3.05) is 62.7 Å². The van der Waals surface area contributed by atoms with Crippen LogP contribution in [0.5, 0.6) is 0 Å². The lowest BCUT2D eigenvalue weighted by Gasteiger charge is -2.26. The fourth-order valence-corrected chi connectivity index (χ4v) is 4.79. The highest BCUT2D eigenvalue weighted by molar-refractivity contribution is 5.90. The van der Waals surface area contributed by atoms with Gasteiger partial charge in [-0.15, -0.1) is 0 Å². The average Bonchev–Trinajstić information content (AvgIpc) is 3.07. The molecule has 0 unspecified atom stereocenters. The first-order valence-corrected chi connectivity index (χ1v) is 11.0. The van der Waals surface area contributed by atoms with Gasteiger partial charge in [0.15, 0.2) is 0 Å². The summed E-state index contributed by atoms with van der Waals surface area (Å²) in [6.07, 6.45) is 5.39. The van der Waals surface area contributed by atoms with Crippen LogP contribution in [0.2, 0.25) is 0 Å². The van der Waals surface area contributed by atoms with Crippen molar-refractivity contribution in [2.45, 2.75) is 25.7 Å². The van der Waals surface area contributed by atoms with Crippen molar-refractivity contribution in [2.24, 2.45) is 11.8 Å². The predicted molar refractivity (Wildman–Crippen MR) is 116 cm³/mol. The maximum atomic E-state index is 9.18. The van der Waals surface area contributed by atoms with Gasteiger partial charge in [0.25, 0.3) is 0 Å². The number of nitrogens with zero attached hydrogens (tertiary/aromatic N) is 4. The van der Waals surface area contributed by atoms with Gasteiger partial charge < -0.3 is 20.4 Å². The van der Waals surface area contributed by atoms with Gasteiger partial charge >= 0.3 is 0 Å². The van der Waals surface area contributed by atoms with Crippen LogP contribution in [-0.2, 0) is 0 Å². The number of para-hydroxylation sites is 1. The van der Waals surface area contributed by atoms with Crippen molar-refractivity contribution >= 4 is 22.7 Å². The van der Waals surface area contributed by atoms with Gasteiger partial charge in [-0.2, -0.15) is 4.98 Å². The van der Waals surface area contributed by atoms with Gasteiger partial charge in [-0.1, -0.05) is 12.1 Å². The van der Waals surface area contributed by atoms with Crippen molar-refractivity contribution in [1.82, 2.24) is 14.9 Å². The summed E-state index contributed by atoms with van der Waals surface area (Å²) in [6, 6.07) is 8.28. The molecule has 29 heavy (non-hydrogen) atoms. The van der Waals surface area contributed by atoms with E-state index in [1.807, 2.05) is 11.0 Å². The van der Waals surface area contributed by atoms with Crippen LogP contribution in [0.1, 0.15) is 25.7 Å². The van der Waals surface area contributed by atoms with E-state index in [2.05, 4.69) is 28.4 Å². The topological polar surface area (TPSA) is 84.8 Å². The van der Waals surface area contributed by atoms with Crippen molar-refractivity contribution in [1.29, 1.82) is 0 Å². The molecule has 3 aliphatic rings. The van der Waals surface area contributed by atoms with Gasteiger partial charge in [0.05, 0.1) is 18.7 Å². The molecule has 0 amide bonds. The second kappa shape index (κ2) is 9.69. The Morgan fingerprint density at radius 3 is 2.24 bits per heavy atom. The van der Waals surface area contributed by atoms with Crippen LogP contribution < -0.4 is 10.2 Å². The first-order valence-electron chi connectivity index (χ1n) is 11.0. The molecule has 1 aromatic carbocycles.